The molecular formula is C26H31ClN4O2. The van der Waals surface area contributed by atoms with Gasteiger partial charge in [0.25, 0.3) is 0 Å². The lowest BCUT2D eigenvalue weighted by Gasteiger charge is -2.26. The number of rotatable bonds is 8. The summed E-state index contributed by atoms with van der Waals surface area (Å²) >= 11 is 6.28. The van der Waals surface area contributed by atoms with E-state index < -0.39 is 0 Å². The van der Waals surface area contributed by atoms with Crippen molar-refractivity contribution in [2.45, 2.75) is 39.0 Å². The van der Waals surface area contributed by atoms with Crippen LogP contribution in [0.25, 0.3) is 10.8 Å². The van der Waals surface area contributed by atoms with Crippen molar-refractivity contribution in [1.29, 1.82) is 0 Å². The molecule has 1 aliphatic rings. The van der Waals surface area contributed by atoms with Crippen LogP contribution in [0, 0.1) is 6.92 Å². The molecule has 1 aromatic heterocycles. The van der Waals surface area contributed by atoms with Crippen LogP contribution in [0.1, 0.15) is 37.7 Å². The molecule has 1 saturated heterocycles. The molecule has 1 aliphatic heterocycles. The van der Waals surface area contributed by atoms with Crippen molar-refractivity contribution in [2.24, 2.45) is 0 Å². The van der Waals surface area contributed by atoms with Crippen molar-refractivity contribution in [3.8, 4) is 5.75 Å². The Morgan fingerprint density at radius 3 is 2.73 bits per heavy atom. The summed E-state index contributed by atoms with van der Waals surface area (Å²) in [6.07, 6.45) is 6.93. The molecule has 2 aromatic carbocycles. The van der Waals surface area contributed by atoms with Crippen LogP contribution in [0.3, 0.4) is 0 Å². The zero-order valence-corrected chi connectivity index (χ0v) is 20.0. The number of amides is 1. The minimum atomic E-state index is -0.00613. The molecule has 0 spiro atoms. The van der Waals surface area contributed by atoms with Crippen LogP contribution in [0.15, 0.2) is 42.6 Å². The smallest absolute Gasteiger partial charge is 0.224 e. The number of methoxy groups -OCH3 is 1. The molecule has 3 aromatic rings. The van der Waals surface area contributed by atoms with Gasteiger partial charge < -0.3 is 20.3 Å². The van der Waals surface area contributed by atoms with Gasteiger partial charge in [-0.25, -0.2) is 4.98 Å². The van der Waals surface area contributed by atoms with Gasteiger partial charge in [0.2, 0.25) is 5.91 Å². The summed E-state index contributed by atoms with van der Waals surface area (Å²) in [5.74, 6) is 1.31. The Morgan fingerprint density at radius 1 is 1.15 bits per heavy atom. The van der Waals surface area contributed by atoms with E-state index in [0.717, 1.165) is 48.1 Å². The summed E-state index contributed by atoms with van der Waals surface area (Å²) in [4.78, 5) is 19.6. The number of halogens is 1. The number of ether oxygens (including phenoxy) is 1. The second-order valence-corrected chi connectivity index (χ2v) is 8.98. The van der Waals surface area contributed by atoms with E-state index in [4.69, 9.17) is 16.3 Å². The highest BCUT2D eigenvalue weighted by Gasteiger charge is 2.14. The highest BCUT2D eigenvalue weighted by molar-refractivity contribution is 6.31. The fraction of sp³-hybridized carbons (Fsp3) is 0.385. The first kappa shape index (κ1) is 23.3. The lowest BCUT2D eigenvalue weighted by molar-refractivity contribution is -0.116. The number of hydrogen-bond acceptors (Lipinski definition) is 5. The number of nitrogens with zero attached hydrogens (tertiary/aromatic N) is 2. The molecule has 0 saturated carbocycles. The zero-order valence-electron chi connectivity index (χ0n) is 19.3. The number of carbonyl (C=O) groups excluding carboxylic acids is 1. The number of carbonyl (C=O) groups is 1. The molecule has 0 radical (unpaired) electrons. The van der Waals surface area contributed by atoms with E-state index >= 15 is 0 Å². The average molecular weight is 467 g/mol. The van der Waals surface area contributed by atoms with Gasteiger partial charge in [-0.2, -0.15) is 0 Å². The summed E-state index contributed by atoms with van der Waals surface area (Å²) in [5, 5.41) is 8.93. The summed E-state index contributed by atoms with van der Waals surface area (Å²) < 4.78 is 5.56. The van der Waals surface area contributed by atoms with E-state index in [1.165, 1.54) is 19.3 Å². The average Bonchev–Trinajstić information content (AvgIpc) is 2.82. The Labute approximate surface area is 200 Å². The second kappa shape index (κ2) is 10.9. The maximum Gasteiger partial charge on any atom is 0.224 e. The number of aryl methyl sites for hydroxylation is 1. The largest absolute Gasteiger partial charge is 0.495 e. The van der Waals surface area contributed by atoms with E-state index in [2.05, 4.69) is 20.5 Å². The van der Waals surface area contributed by atoms with E-state index in [-0.39, 0.29) is 5.91 Å². The number of piperidine rings is 1. The van der Waals surface area contributed by atoms with Crippen LogP contribution in [-0.2, 0) is 4.79 Å². The Morgan fingerprint density at radius 2 is 1.97 bits per heavy atom. The minimum absolute atomic E-state index is 0.00613. The number of pyridine rings is 1. The third kappa shape index (κ3) is 5.95. The predicted molar refractivity (Wildman–Crippen MR) is 136 cm³/mol. The van der Waals surface area contributed by atoms with Gasteiger partial charge in [-0.05, 0) is 87.1 Å². The second-order valence-electron chi connectivity index (χ2n) is 8.58. The highest BCUT2D eigenvalue weighted by atomic mass is 35.5. The number of anilines is 3. The molecule has 0 aliphatic carbocycles. The Kier molecular flexibility index (Phi) is 7.68. The quantitative estimate of drug-likeness (QED) is 0.416. The molecule has 1 amide bonds. The van der Waals surface area contributed by atoms with Gasteiger partial charge in [-0.3, -0.25) is 4.79 Å². The van der Waals surface area contributed by atoms with Gasteiger partial charge in [-0.1, -0.05) is 24.1 Å². The SMILES string of the molecule is COc1cc2ccnc(Nc3ccc(C)c(Cl)c3)c2cc1NC(=O)CCCN1CCCCC1. The monoisotopic (exact) mass is 466 g/mol. The lowest BCUT2D eigenvalue weighted by atomic mass is 10.1. The van der Waals surface area contributed by atoms with Gasteiger partial charge in [0.05, 0.1) is 12.8 Å². The molecule has 6 nitrogen and oxygen atoms in total. The Balaban J connectivity index is 1.50. The third-order valence-electron chi connectivity index (χ3n) is 6.12. The summed E-state index contributed by atoms with van der Waals surface area (Å²) in [6.45, 7) is 5.24. The van der Waals surface area contributed by atoms with Crippen LogP contribution in [0.2, 0.25) is 5.02 Å². The third-order valence-corrected chi connectivity index (χ3v) is 6.53. The fourth-order valence-corrected chi connectivity index (χ4v) is 4.41. The van der Waals surface area contributed by atoms with Crippen molar-refractivity contribution in [3.63, 3.8) is 0 Å². The van der Waals surface area contributed by atoms with Gasteiger partial charge in [-0.15, -0.1) is 0 Å². The molecular weight excluding hydrogens is 436 g/mol. The number of aromatic nitrogens is 1. The molecule has 33 heavy (non-hydrogen) atoms. The van der Waals surface area contributed by atoms with Gasteiger partial charge in [0, 0.05) is 28.7 Å². The number of fused-ring (bicyclic) bond motifs is 1. The van der Waals surface area contributed by atoms with E-state index in [9.17, 15) is 4.79 Å². The predicted octanol–water partition coefficient (Wildman–Crippen LogP) is 6.15. The number of nitrogens with one attached hydrogen (secondary N) is 2. The minimum Gasteiger partial charge on any atom is -0.495 e. The molecule has 7 heteroatoms. The molecule has 4 rings (SSSR count). The van der Waals surface area contributed by atoms with Crippen LogP contribution in [0.5, 0.6) is 5.75 Å². The number of likely N-dealkylation sites (tertiary alicyclic amines) is 1. The first-order chi connectivity index (χ1) is 16.0. The Hall–Kier alpha value is -2.83. The molecule has 0 unspecified atom stereocenters. The van der Waals surface area contributed by atoms with E-state index in [1.54, 1.807) is 13.3 Å². The normalized spacial score (nSPS) is 14.3. The van der Waals surface area contributed by atoms with Crippen molar-refractivity contribution < 1.29 is 9.53 Å². The topological polar surface area (TPSA) is 66.5 Å². The van der Waals surface area contributed by atoms with Crippen LogP contribution in [0.4, 0.5) is 17.2 Å². The van der Waals surface area contributed by atoms with E-state index in [1.807, 2.05) is 43.3 Å². The van der Waals surface area contributed by atoms with E-state index in [0.29, 0.717) is 28.7 Å². The zero-order chi connectivity index (χ0) is 23.2. The van der Waals surface area contributed by atoms with Crippen molar-refractivity contribution in [2.75, 3.05) is 37.4 Å². The molecule has 0 bridgehead atoms. The maximum absolute atomic E-state index is 12.7. The van der Waals surface area contributed by atoms with Gasteiger partial charge >= 0.3 is 0 Å². The van der Waals surface area contributed by atoms with Crippen LogP contribution < -0.4 is 15.4 Å². The molecule has 174 valence electrons. The molecule has 0 atom stereocenters. The molecule has 1 fully saturated rings. The highest BCUT2D eigenvalue weighted by Crippen LogP contribution is 2.34. The van der Waals surface area contributed by atoms with Gasteiger partial charge in [0.1, 0.15) is 11.6 Å². The standard InChI is InChI=1S/C26H31ClN4O2/c1-18-8-9-20(16-22(18)27)29-26-21-17-23(24(33-2)15-19(21)10-11-28-26)30-25(32)7-6-14-31-12-4-3-5-13-31/h8-11,15-17H,3-7,12-14H2,1-2H3,(H,28,29)(H,30,32). The number of benzene rings is 2. The van der Waals surface area contributed by atoms with Crippen molar-refractivity contribution >= 4 is 45.5 Å². The molecule has 2 heterocycles. The Bertz CT molecular complexity index is 1130. The van der Waals surface area contributed by atoms with Crippen LogP contribution in [-0.4, -0.2) is 42.5 Å². The van der Waals surface area contributed by atoms with Crippen LogP contribution >= 0.6 is 11.6 Å². The summed E-state index contributed by atoms with van der Waals surface area (Å²) in [6, 6.07) is 11.6. The fourth-order valence-electron chi connectivity index (χ4n) is 4.23. The van der Waals surface area contributed by atoms with Crippen molar-refractivity contribution in [3.05, 3.63) is 53.2 Å². The summed E-state index contributed by atoms with van der Waals surface area (Å²) in [7, 11) is 1.61. The number of hydrogen-bond donors (Lipinski definition) is 2. The first-order valence-corrected chi connectivity index (χ1v) is 11.9. The molecule has 2 N–H and O–H groups in total. The van der Waals surface area contributed by atoms with Gasteiger partial charge in [0.15, 0.2) is 0 Å². The maximum atomic E-state index is 12.7. The first-order valence-electron chi connectivity index (χ1n) is 11.6. The van der Waals surface area contributed by atoms with Crippen molar-refractivity contribution in [1.82, 2.24) is 9.88 Å². The lowest BCUT2D eigenvalue weighted by Crippen LogP contribution is -2.31. The summed E-state index contributed by atoms with van der Waals surface area (Å²) in [5.41, 5.74) is 2.51.